The number of rotatable bonds is 6. The topological polar surface area (TPSA) is 71.2 Å². The Morgan fingerprint density at radius 2 is 2.17 bits per heavy atom. The second-order valence-electron chi connectivity index (χ2n) is 4.48. The molecule has 0 saturated heterocycles. The summed E-state index contributed by atoms with van der Waals surface area (Å²) in [6.45, 7) is 4.15. The van der Waals surface area contributed by atoms with Crippen molar-refractivity contribution in [2.75, 3.05) is 13.7 Å². The maximum absolute atomic E-state index is 11.9. The van der Waals surface area contributed by atoms with Crippen LogP contribution in [0.1, 0.15) is 19.5 Å². The van der Waals surface area contributed by atoms with Crippen molar-refractivity contribution in [1.82, 2.24) is 10.3 Å². The largest absolute Gasteiger partial charge is 0.468 e. The smallest absolute Gasteiger partial charge is 0.318 e. The number of esters is 1. The molecule has 18 heavy (non-hydrogen) atoms. The highest BCUT2D eigenvalue weighted by molar-refractivity contribution is 5.97. The summed E-state index contributed by atoms with van der Waals surface area (Å²) in [6.07, 6.45) is 2.55. The average Bonchev–Trinajstić information content (AvgIpc) is 2.81. The summed E-state index contributed by atoms with van der Waals surface area (Å²) in [4.78, 5) is 26.4. The highest BCUT2D eigenvalue weighted by Gasteiger charge is 2.30. The van der Waals surface area contributed by atoms with Crippen LogP contribution in [-0.2, 0) is 20.7 Å². The fourth-order valence-electron chi connectivity index (χ4n) is 1.76. The monoisotopic (exact) mass is 252 g/mol. The molecule has 0 spiro atoms. The Morgan fingerprint density at radius 1 is 1.44 bits per heavy atom. The average molecular weight is 252 g/mol. The molecule has 1 unspecified atom stereocenters. The number of amides is 1. The lowest BCUT2D eigenvalue weighted by atomic mass is 9.95. The maximum atomic E-state index is 11.9. The quantitative estimate of drug-likeness (QED) is 0.588. The number of nitrogens with one attached hydrogen (secondary N) is 2. The molecule has 0 aromatic carbocycles. The summed E-state index contributed by atoms with van der Waals surface area (Å²) in [5.74, 6) is -1.58. The molecule has 0 aliphatic heterocycles. The van der Waals surface area contributed by atoms with Gasteiger partial charge in [-0.3, -0.25) is 9.59 Å². The van der Waals surface area contributed by atoms with E-state index in [0.717, 1.165) is 5.69 Å². The minimum atomic E-state index is -0.737. The van der Waals surface area contributed by atoms with Crippen LogP contribution in [0.3, 0.4) is 0 Å². The molecular formula is C13H20N2O3. The summed E-state index contributed by atoms with van der Waals surface area (Å²) in [5, 5.41) is 2.76. The number of ether oxygens (including phenoxy) is 1. The van der Waals surface area contributed by atoms with E-state index in [-0.39, 0.29) is 11.8 Å². The molecule has 1 aromatic heterocycles. The standard InChI is InChI=1S/C13H20N2O3/c1-9(2)11(13(17)18-3)12(16)15-8-6-10-5-4-7-14-10/h4-5,7,9,11,14H,6,8H2,1-3H3,(H,15,16). The molecule has 0 radical (unpaired) electrons. The summed E-state index contributed by atoms with van der Waals surface area (Å²) >= 11 is 0. The van der Waals surface area contributed by atoms with Crippen LogP contribution in [-0.4, -0.2) is 30.5 Å². The predicted octanol–water partition coefficient (Wildman–Crippen LogP) is 1.12. The van der Waals surface area contributed by atoms with Crippen molar-refractivity contribution in [2.24, 2.45) is 11.8 Å². The number of carbonyl (C=O) groups excluding carboxylic acids is 2. The molecular weight excluding hydrogens is 232 g/mol. The number of hydrogen-bond acceptors (Lipinski definition) is 3. The SMILES string of the molecule is COC(=O)C(C(=O)NCCc1ccc[nH]1)C(C)C. The van der Waals surface area contributed by atoms with Crippen LogP contribution in [0.4, 0.5) is 0 Å². The van der Waals surface area contributed by atoms with Gasteiger partial charge in [-0.25, -0.2) is 0 Å². The van der Waals surface area contributed by atoms with Gasteiger partial charge in [-0.15, -0.1) is 0 Å². The lowest BCUT2D eigenvalue weighted by Gasteiger charge is -2.17. The molecule has 1 heterocycles. The molecule has 1 atom stereocenters. The fraction of sp³-hybridized carbons (Fsp3) is 0.538. The van der Waals surface area contributed by atoms with Crippen LogP contribution in [0.2, 0.25) is 0 Å². The van der Waals surface area contributed by atoms with Crippen molar-refractivity contribution in [1.29, 1.82) is 0 Å². The molecule has 0 fully saturated rings. The summed E-state index contributed by atoms with van der Waals surface area (Å²) in [7, 11) is 1.30. The third-order valence-electron chi connectivity index (χ3n) is 2.76. The van der Waals surface area contributed by atoms with Gasteiger partial charge in [0.2, 0.25) is 5.91 Å². The molecule has 0 aliphatic rings. The molecule has 100 valence electrons. The minimum Gasteiger partial charge on any atom is -0.468 e. The first-order valence-electron chi connectivity index (χ1n) is 6.04. The van der Waals surface area contributed by atoms with Gasteiger partial charge in [0.1, 0.15) is 5.92 Å². The van der Waals surface area contributed by atoms with Gasteiger partial charge in [0, 0.05) is 24.9 Å². The molecule has 0 bridgehead atoms. The van der Waals surface area contributed by atoms with Crippen LogP contribution >= 0.6 is 0 Å². The Bertz CT molecular complexity index is 385. The first kappa shape index (κ1) is 14.3. The summed E-state index contributed by atoms with van der Waals surface area (Å²) in [5.41, 5.74) is 1.05. The molecule has 5 heteroatoms. The maximum Gasteiger partial charge on any atom is 0.318 e. The van der Waals surface area contributed by atoms with Gasteiger partial charge in [-0.2, -0.15) is 0 Å². The predicted molar refractivity (Wildman–Crippen MR) is 67.9 cm³/mol. The zero-order valence-electron chi connectivity index (χ0n) is 11.0. The van der Waals surface area contributed by atoms with Crippen LogP contribution < -0.4 is 5.32 Å². The Morgan fingerprint density at radius 3 is 2.67 bits per heavy atom. The van der Waals surface area contributed by atoms with Crippen LogP contribution in [0.5, 0.6) is 0 Å². The number of hydrogen-bond donors (Lipinski definition) is 2. The van der Waals surface area contributed by atoms with Crippen molar-refractivity contribution >= 4 is 11.9 Å². The Hall–Kier alpha value is -1.78. The van der Waals surface area contributed by atoms with Crippen LogP contribution in [0.15, 0.2) is 18.3 Å². The van der Waals surface area contributed by atoms with E-state index in [4.69, 9.17) is 0 Å². The number of carbonyl (C=O) groups is 2. The zero-order chi connectivity index (χ0) is 13.5. The Kier molecular flexibility index (Phi) is 5.42. The molecule has 1 amide bonds. The van der Waals surface area contributed by atoms with Crippen LogP contribution in [0.25, 0.3) is 0 Å². The summed E-state index contributed by atoms with van der Waals surface area (Å²) in [6, 6.07) is 3.86. The minimum absolute atomic E-state index is 0.0806. The van der Waals surface area contributed by atoms with E-state index < -0.39 is 11.9 Å². The van der Waals surface area contributed by atoms with Gasteiger partial charge >= 0.3 is 5.97 Å². The number of aromatic nitrogens is 1. The highest BCUT2D eigenvalue weighted by Crippen LogP contribution is 2.12. The second kappa shape index (κ2) is 6.83. The van der Waals surface area contributed by atoms with Gasteiger partial charge in [-0.1, -0.05) is 13.8 Å². The van der Waals surface area contributed by atoms with E-state index >= 15 is 0 Å². The van der Waals surface area contributed by atoms with Gasteiger partial charge in [-0.05, 0) is 18.1 Å². The molecule has 0 saturated carbocycles. The number of methoxy groups -OCH3 is 1. The number of H-pyrrole nitrogens is 1. The zero-order valence-corrected chi connectivity index (χ0v) is 11.0. The lowest BCUT2D eigenvalue weighted by Crippen LogP contribution is -2.39. The Labute approximate surface area is 107 Å². The van der Waals surface area contributed by atoms with Crippen LogP contribution in [0, 0.1) is 11.8 Å². The number of aromatic amines is 1. The molecule has 1 rings (SSSR count). The first-order valence-corrected chi connectivity index (χ1v) is 6.04. The van der Waals surface area contributed by atoms with E-state index in [2.05, 4.69) is 15.0 Å². The third-order valence-corrected chi connectivity index (χ3v) is 2.76. The van der Waals surface area contributed by atoms with E-state index in [1.807, 2.05) is 32.2 Å². The molecule has 1 aromatic rings. The van der Waals surface area contributed by atoms with Crippen molar-refractivity contribution < 1.29 is 14.3 Å². The fourth-order valence-corrected chi connectivity index (χ4v) is 1.76. The van der Waals surface area contributed by atoms with Gasteiger partial charge in [0.05, 0.1) is 7.11 Å². The highest BCUT2D eigenvalue weighted by atomic mass is 16.5. The van der Waals surface area contributed by atoms with Gasteiger partial charge in [0.15, 0.2) is 0 Å². The second-order valence-corrected chi connectivity index (χ2v) is 4.48. The van der Waals surface area contributed by atoms with Crippen molar-refractivity contribution in [3.8, 4) is 0 Å². The van der Waals surface area contributed by atoms with E-state index in [9.17, 15) is 9.59 Å². The third kappa shape index (κ3) is 3.91. The molecule has 5 nitrogen and oxygen atoms in total. The first-order chi connectivity index (χ1) is 8.56. The van der Waals surface area contributed by atoms with Gasteiger partial charge in [0.25, 0.3) is 0 Å². The summed E-state index contributed by atoms with van der Waals surface area (Å²) < 4.78 is 4.64. The Balaban J connectivity index is 2.44. The van der Waals surface area contributed by atoms with E-state index in [1.54, 1.807) is 0 Å². The van der Waals surface area contributed by atoms with E-state index in [0.29, 0.717) is 13.0 Å². The van der Waals surface area contributed by atoms with E-state index in [1.165, 1.54) is 7.11 Å². The van der Waals surface area contributed by atoms with Gasteiger partial charge < -0.3 is 15.0 Å². The van der Waals surface area contributed by atoms with Crippen molar-refractivity contribution in [2.45, 2.75) is 20.3 Å². The lowest BCUT2D eigenvalue weighted by molar-refractivity contribution is -0.151. The molecule has 0 aliphatic carbocycles. The van der Waals surface area contributed by atoms with Crippen molar-refractivity contribution in [3.05, 3.63) is 24.0 Å². The normalized spacial score (nSPS) is 12.2. The van der Waals surface area contributed by atoms with Crippen molar-refractivity contribution in [3.63, 3.8) is 0 Å². The molecule has 2 N–H and O–H groups in total.